The van der Waals surface area contributed by atoms with Gasteiger partial charge < -0.3 is 25.0 Å². The van der Waals surface area contributed by atoms with Crippen LogP contribution in [-0.4, -0.2) is 83.7 Å². The molecule has 1 unspecified atom stereocenters. The summed E-state index contributed by atoms with van der Waals surface area (Å²) in [6, 6.07) is 4.04. The summed E-state index contributed by atoms with van der Waals surface area (Å²) < 4.78 is 45.1. The number of carbonyl (C=O) groups excluding carboxylic acids is 1. The highest BCUT2D eigenvalue weighted by Crippen LogP contribution is 2.51. The van der Waals surface area contributed by atoms with E-state index in [9.17, 15) is 10.1 Å². The number of nitrogens with zero attached hydrogens (tertiary/aromatic N) is 6. The Balaban J connectivity index is 1.37. The smallest absolute Gasteiger partial charge is 0.319 e. The minimum atomic E-state index is -0.803. The number of nitrogen functional groups attached to an aromatic ring is 1. The topological polar surface area (TPSA) is 121 Å². The van der Waals surface area contributed by atoms with Crippen molar-refractivity contribution >= 4 is 60.7 Å². The lowest BCUT2D eigenvalue weighted by Crippen LogP contribution is -2.47. The van der Waals surface area contributed by atoms with Crippen molar-refractivity contribution in [3.63, 3.8) is 0 Å². The second-order valence-electron chi connectivity index (χ2n) is 13.5. The van der Waals surface area contributed by atoms with Crippen molar-refractivity contribution in [2.75, 3.05) is 57.1 Å². The van der Waals surface area contributed by atoms with Crippen molar-refractivity contribution in [3.8, 4) is 29.0 Å². The number of nitrogens with two attached hydrogens (primary N) is 1. The van der Waals surface area contributed by atoms with Crippen LogP contribution >= 0.6 is 22.9 Å². The summed E-state index contributed by atoms with van der Waals surface area (Å²) in [5.74, 6) is -0.475. The average molecular weight is 694 g/mol. The van der Waals surface area contributed by atoms with Gasteiger partial charge in [0.25, 0.3) is 0 Å². The third kappa shape index (κ3) is 4.67. The van der Waals surface area contributed by atoms with Crippen LogP contribution in [0.5, 0.6) is 11.8 Å². The summed E-state index contributed by atoms with van der Waals surface area (Å²) in [6.45, 7) is 5.75. The first-order valence-electron chi connectivity index (χ1n) is 16.3. The SMILES string of the molecule is C[C@H]1CN2CCC[C@@]2(COc2nc3c4c(c(Cl)c(-c5ccc(F)c6sc(N)c(C#N)c56)c(F)c4n2)OCCC2C(=O)N(C)CCCN32)C1. The molecular weight excluding hydrogens is 660 g/mol. The number of thiophene rings is 1. The van der Waals surface area contributed by atoms with Crippen LogP contribution in [0.25, 0.3) is 32.1 Å². The molecule has 4 aromatic rings. The number of nitriles is 1. The highest BCUT2D eigenvalue weighted by molar-refractivity contribution is 7.23. The van der Waals surface area contributed by atoms with Gasteiger partial charge in [-0.15, -0.1) is 11.3 Å². The van der Waals surface area contributed by atoms with Crippen LogP contribution in [0.2, 0.25) is 5.02 Å². The van der Waals surface area contributed by atoms with E-state index in [0.717, 1.165) is 43.7 Å². The van der Waals surface area contributed by atoms with Crippen molar-refractivity contribution in [2.45, 2.75) is 50.6 Å². The number of fused-ring (bicyclic) bond motifs is 4. The Kier molecular flexibility index (Phi) is 7.54. The molecular formula is C34H34ClF2N7O3S. The molecule has 0 saturated carbocycles. The molecule has 0 radical (unpaired) electrons. The van der Waals surface area contributed by atoms with E-state index in [4.69, 9.17) is 31.8 Å². The minimum absolute atomic E-state index is 0.0116. The van der Waals surface area contributed by atoms with E-state index >= 15 is 8.78 Å². The monoisotopic (exact) mass is 693 g/mol. The van der Waals surface area contributed by atoms with Crippen molar-refractivity contribution in [2.24, 2.45) is 5.92 Å². The summed E-state index contributed by atoms with van der Waals surface area (Å²) >= 11 is 7.98. The van der Waals surface area contributed by atoms with Gasteiger partial charge in [-0.2, -0.15) is 15.2 Å². The number of likely N-dealkylation sites (N-methyl/N-ethyl adjacent to an activating group) is 1. The molecule has 48 heavy (non-hydrogen) atoms. The molecule has 250 valence electrons. The Labute approximate surface area is 285 Å². The first-order valence-corrected chi connectivity index (χ1v) is 17.5. The number of rotatable bonds is 4. The lowest BCUT2D eigenvalue weighted by Gasteiger charge is -2.34. The fraction of sp³-hybridized carbons (Fsp3) is 0.471. The third-order valence-corrected chi connectivity index (χ3v) is 11.8. The number of halogens is 3. The first-order chi connectivity index (χ1) is 23.1. The highest BCUT2D eigenvalue weighted by atomic mass is 35.5. The standard InChI is InChI=1S/C34H34ClF2N7O3S/c1-17-13-34(8-3-10-43(34)15-17)16-47-33-40-27-24-28(46-12-7-21-32(45)42(2)9-4-11-44(21)31(24)41-33)25(35)23(26(27)37)18-5-6-20(36)29-22(18)19(14-38)30(39)48-29/h5-6,17,21H,3-4,7-13,15-16,39H2,1-2H3/t17-,21?,34+/m1/s1. The quantitative estimate of drug-likeness (QED) is 0.276. The lowest BCUT2D eigenvalue weighted by atomic mass is 9.92. The van der Waals surface area contributed by atoms with E-state index in [0.29, 0.717) is 44.3 Å². The van der Waals surface area contributed by atoms with Crippen LogP contribution in [0.4, 0.5) is 19.6 Å². The van der Waals surface area contributed by atoms with E-state index in [1.165, 1.54) is 12.1 Å². The van der Waals surface area contributed by atoms with E-state index in [2.05, 4.69) is 16.8 Å². The molecule has 4 aliphatic rings. The van der Waals surface area contributed by atoms with Gasteiger partial charge in [-0.05, 0) is 49.8 Å². The lowest BCUT2D eigenvalue weighted by molar-refractivity contribution is -0.131. The van der Waals surface area contributed by atoms with Crippen molar-refractivity contribution in [1.82, 2.24) is 19.8 Å². The highest BCUT2D eigenvalue weighted by Gasteiger charge is 2.48. The van der Waals surface area contributed by atoms with Crippen LogP contribution in [0.1, 0.15) is 44.6 Å². The Morgan fingerprint density at radius 1 is 1.23 bits per heavy atom. The summed E-state index contributed by atoms with van der Waals surface area (Å²) in [7, 11) is 1.78. The van der Waals surface area contributed by atoms with Crippen molar-refractivity contribution < 1.29 is 23.0 Å². The number of benzene rings is 2. The zero-order chi connectivity index (χ0) is 33.5. The fourth-order valence-corrected chi connectivity index (χ4v) is 9.63. The van der Waals surface area contributed by atoms with Gasteiger partial charge in [0.1, 0.15) is 40.9 Å². The Hall–Kier alpha value is -3.99. The molecule has 1 amide bonds. The molecule has 2 N–H and O–H groups in total. The molecule has 6 heterocycles. The summed E-state index contributed by atoms with van der Waals surface area (Å²) in [5.41, 5.74) is 6.01. The molecule has 3 fully saturated rings. The fourth-order valence-electron chi connectivity index (χ4n) is 8.35. The number of hydrogen-bond acceptors (Lipinski definition) is 10. The van der Waals surface area contributed by atoms with Crippen LogP contribution in [0, 0.1) is 28.9 Å². The average Bonchev–Trinajstić information content (AvgIpc) is 3.68. The van der Waals surface area contributed by atoms with E-state index in [1.54, 1.807) is 11.9 Å². The molecule has 2 aromatic carbocycles. The molecule has 14 heteroatoms. The van der Waals surface area contributed by atoms with Gasteiger partial charge in [0.15, 0.2) is 11.6 Å². The van der Waals surface area contributed by atoms with Gasteiger partial charge in [0.05, 0.1) is 32.8 Å². The molecule has 3 atom stereocenters. The summed E-state index contributed by atoms with van der Waals surface area (Å²) in [4.78, 5) is 29.2. The van der Waals surface area contributed by atoms with Crippen molar-refractivity contribution in [1.29, 1.82) is 5.26 Å². The predicted molar refractivity (Wildman–Crippen MR) is 181 cm³/mol. The van der Waals surface area contributed by atoms with Crippen LogP contribution in [0.3, 0.4) is 0 Å². The van der Waals surface area contributed by atoms with E-state index in [-0.39, 0.29) is 77.5 Å². The molecule has 0 aliphatic carbocycles. The van der Waals surface area contributed by atoms with Gasteiger partial charge in [-0.3, -0.25) is 9.69 Å². The Morgan fingerprint density at radius 3 is 2.88 bits per heavy atom. The van der Waals surface area contributed by atoms with E-state index in [1.807, 2.05) is 11.0 Å². The van der Waals surface area contributed by atoms with Crippen LogP contribution in [-0.2, 0) is 4.79 Å². The number of anilines is 2. The van der Waals surface area contributed by atoms with Crippen LogP contribution in [0.15, 0.2) is 12.1 Å². The van der Waals surface area contributed by atoms with Crippen LogP contribution < -0.4 is 20.1 Å². The maximum absolute atomic E-state index is 17.3. The second-order valence-corrected chi connectivity index (χ2v) is 14.9. The number of amides is 1. The molecule has 0 spiro atoms. The molecule has 4 aliphatic heterocycles. The number of aromatic nitrogens is 2. The second kappa shape index (κ2) is 11.6. The number of hydrogen-bond donors (Lipinski definition) is 1. The third-order valence-electron chi connectivity index (χ3n) is 10.5. The molecule has 2 aromatic heterocycles. The van der Waals surface area contributed by atoms with Crippen molar-refractivity contribution in [3.05, 3.63) is 34.4 Å². The number of carbonyl (C=O) groups is 1. The van der Waals surface area contributed by atoms with Gasteiger partial charge >= 0.3 is 6.01 Å². The number of ether oxygens (including phenoxy) is 2. The Bertz CT molecular complexity index is 2050. The van der Waals surface area contributed by atoms with Gasteiger partial charge in [0.2, 0.25) is 5.91 Å². The maximum atomic E-state index is 17.3. The van der Waals surface area contributed by atoms with Gasteiger partial charge in [-0.25, -0.2) is 8.78 Å². The molecule has 0 bridgehead atoms. The van der Waals surface area contributed by atoms with Gasteiger partial charge in [0, 0.05) is 44.1 Å². The van der Waals surface area contributed by atoms with E-state index < -0.39 is 17.7 Å². The first kappa shape index (κ1) is 31.3. The normalized spacial score (nSPS) is 24.2. The molecule has 3 saturated heterocycles. The zero-order valence-electron chi connectivity index (χ0n) is 26.6. The molecule has 10 nitrogen and oxygen atoms in total. The Morgan fingerprint density at radius 2 is 2.06 bits per heavy atom. The summed E-state index contributed by atoms with van der Waals surface area (Å²) in [6.07, 6.45) is 4.06. The van der Waals surface area contributed by atoms with Gasteiger partial charge in [-0.1, -0.05) is 24.6 Å². The minimum Gasteiger partial charge on any atom is -0.491 e. The largest absolute Gasteiger partial charge is 0.491 e. The maximum Gasteiger partial charge on any atom is 0.319 e. The molecule has 8 rings (SSSR count). The zero-order valence-corrected chi connectivity index (χ0v) is 28.2. The predicted octanol–water partition coefficient (Wildman–Crippen LogP) is 5.97. The summed E-state index contributed by atoms with van der Waals surface area (Å²) in [5, 5.41) is 10.4.